The molecular formula is C17H36O. The van der Waals surface area contributed by atoms with E-state index in [2.05, 4.69) is 20.8 Å². The van der Waals surface area contributed by atoms with Crippen LogP contribution in [0.4, 0.5) is 0 Å². The Hall–Kier alpha value is -0.0400. The predicted octanol–water partition coefficient (Wildman–Crippen LogP) is 5.56. The van der Waals surface area contributed by atoms with Crippen molar-refractivity contribution in [2.75, 3.05) is 0 Å². The first-order valence-corrected chi connectivity index (χ1v) is 8.26. The molecule has 0 fully saturated rings. The summed E-state index contributed by atoms with van der Waals surface area (Å²) in [7, 11) is 0. The highest BCUT2D eigenvalue weighted by Gasteiger charge is 2.09. The minimum Gasteiger partial charge on any atom is -0.393 e. The van der Waals surface area contributed by atoms with Gasteiger partial charge in [0.15, 0.2) is 0 Å². The van der Waals surface area contributed by atoms with Crippen molar-refractivity contribution >= 4 is 0 Å². The molecule has 0 amide bonds. The van der Waals surface area contributed by atoms with E-state index in [4.69, 9.17) is 0 Å². The second-order valence-electron chi connectivity index (χ2n) is 6.31. The molecule has 3 atom stereocenters. The molecule has 0 aromatic carbocycles. The highest BCUT2D eigenvalue weighted by Crippen LogP contribution is 2.19. The fraction of sp³-hybridized carbons (Fsp3) is 1.00. The largest absolute Gasteiger partial charge is 0.393 e. The molecule has 0 spiro atoms. The van der Waals surface area contributed by atoms with Gasteiger partial charge in [-0.25, -0.2) is 0 Å². The summed E-state index contributed by atoms with van der Waals surface area (Å²) in [5, 5.41) is 9.43. The molecule has 0 aromatic heterocycles. The molecule has 0 aromatic rings. The Kier molecular flexibility index (Phi) is 12.0. The SMILES string of the molecule is CCCCCCCC[C@H](C)CCC[C@H](C)[C@H](C)O. The average molecular weight is 256 g/mol. The third-order valence-corrected chi connectivity index (χ3v) is 4.23. The van der Waals surface area contributed by atoms with Gasteiger partial charge in [0, 0.05) is 0 Å². The average Bonchev–Trinajstić information content (AvgIpc) is 2.33. The first-order chi connectivity index (χ1) is 8.57. The first kappa shape index (κ1) is 18.0. The van der Waals surface area contributed by atoms with E-state index in [1.165, 1.54) is 64.2 Å². The van der Waals surface area contributed by atoms with Crippen molar-refractivity contribution in [3.8, 4) is 0 Å². The van der Waals surface area contributed by atoms with Gasteiger partial charge in [-0.2, -0.15) is 0 Å². The number of hydrogen-bond donors (Lipinski definition) is 1. The van der Waals surface area contributed by atoms with Crippen LogP contribution in [0.3, 0.4) is 0 Å². The van der Waals surface area contributed by atoms with Gasteiger partial charge in [-0.3, -0.25) is 0 Å². The Bertz CT molecular complexity index is 165. The van der Waals surface area contributed by atoms with Gasteiger partial charge in [0.05, 0.1) is 6.10 Å². The summed E-state index contributed by atoms with van der Waals surface area (Å²) < 4.78 is 0. The molecule has 1 heteroatoms. The quantitative estimate of drug-likeness (QED) is 0.453. The molecule has 110 valence electrons. The topological polar surface area (TPSA) is 20.2 Å². The van der Waals surface area contributed by atoms with Crippen molar-refractivity contribution in [1.29, 1.82) is 0 Å². The minimum atomic E-state index is -0.140. The summed E-state index contributed by atoms with van der Waals surface area (Å²) in [4.78, 5) is 0. The Labute approximate surface area is 115 Å². The maximum atomic E-state index is 9.43. The number of aliphatic hydroxyl groups excluding tert-OH is 1. The van der Waals surface area contributed by atoms with E-state index < -0.39 is 0 Å². The molecule has 1 N–H and O–H groups in total. The molecule has 0 unspecified atom stereocenters. The van der Waals surface area contributed by atoms with E-state index in [0.29, 0.717) is 5.92 Å². The molecule has 0 radical (unpaired) electrons. The highest BCUT2D eigenvalue weighted by molar-refractivity contribution is 4.61. The normalized spacial score (nSPS) is 16.5. The molecule has 0 saturated carbocycles. The van der Waals surface area contributed by atoms with Gasteiger partial charge in [0.2, 0.25) is 0 Å². The third-order valence-electron chi connectivity index (χ3n) is 4.23. The number of rotatable bonds is 12. The Morgan fingerprint density at radius 1 is 0.722 bits per heavy atom. The van der Waals surface area contributed by atoms with Gasteiger partial charge in [-0.05, 0) is 25.2 Å². The highest BCUT2D eigenvalue weighted by atomic mass is 16.3. The molecule has 0 bridgehead atoms. The summed E-state index contributed by atoms with van der Waals surface area (Å²) in [6, 6.07) is 0. The maximum Gasteiger partial charge on any atom is 0.0537 e. The van der Waals surface area contributed by atoms with Crippen LogP contribution in [0, 0.1) is 11.8 Å². The Morgan fingerprint density at radius 2 is 1.28 bits per heavy atom. The smallest absolute Gasteiger partial charge is 0.0537 e. The van der Waals surface area contributed by atoms with Crippen molar-refractivity contribution in [3.63, 3.8) is 0 Å². The monoisotopic (exact) mass is 256 g/mol. The van der Waals surface area contributed by atoms with Gasteiger partial charge in [0.1, 0.15) is 0 Å². The predicted molar refractivity (Wildman–Crippen MR) is 81.9 cm³/mol. The van der Waals surface area contributed by atoms with Crippen LogP contribution in [0.2, 0.25) is 0 Å². The molecule has 0 saturated heterocycles. The van der Waals surface area contributed by atoms with Crippen LogP contribution in [-0.4, -0.2) is 11.2 Å². The lowest BCUT2D eigenvalue weighted by atomic mass is 9.93. The van der Waals surface area contributed by atoms with Gasteiger partial charge >= 0.3 is 0 Å². The Morgan fingerprint density at radius 3 is 1.89 bits per heavy atom. The van der Waals surface area contributed by atoms with Crippen LogP contribution in [0.1, 0.15) is 91.9 Å². The summed E-state index contributed by atoms with van der Waals surface area (Å²) in [5.74, 6) is 1.34. The van der Waals surface area contributed by atoms with Crippen molar-refractivity contribution in [2.24, 2.45) is 11.8 Å². The van der Waals surface area contributed by atoms with E-state index >= 15 is 0 Å². The van der Waals surface area contributed by atoms with Crippen LogP contribution in [0.15, 0.2) is 0 Å². The van der Waals surface area contributed by atoms with E-state index in [0.717, 1.165) is 5.92 Å². The van der Waals surface area contributed by atoms with Crippen molar-refractivity contribution in [1.82, 2.24) is 0 Å². The van der Waals surface area contributed by atoms with E-state index in [1.54, 1.807) is 0 Å². The minimum absolute atomic E-state index is 0.140. The first-order valence-electron chi connectivity index (χ1n) is 8.26. The fourth-order valence-electron chi connectivity index (χ4n) is 2.45. The van der Waals surface area contributed by atoms with Crippen LogP contribution >= 0.6 is 0 Å². The van der Waals surface area contributed by atoms with E-state index in [9.17, 15) is 5.11 Å². The zero-order valence-electron chi connectivity index (χ0n) is 13.3. The lowest BCUT2D eigenvalue weighted by Gasteiger charge is -2.16. The molecule has 0 rings (SSSR count). The van der Waals surface area contributed by atoms with Gasteiger partial charge in [-0.15, -0.1) is 0 Å². The summed E-state index contributed by atoms with van der Waals surface area (Å²) in [6.45, 7) is 8.73. The van der Waals surface area contributed by atoms with Crippen molar-refractivity contribution < 1.29 is 5.11 Å². The summed E-state index contributed by atoms with van der Waals surface area (Å²) in [5.41, 5.74) is 0. The van der Waals surface area contributed by atoms with Crippen LogP contribution < -0.4 is 0 Å². The molecule has 0 heterocycles. The second-order valence-corrected chi connectivity index (χ2v) is 6.31. The van der Waals surface area contributed by atoms with E-state index in [1.807, 2.05) is 6.92 Å². The lowest BCUT2D eigenvalue weighted by molar-refractivity contribution is 0.127. The third kappa shape index (κ3) is 11.1. The number of hydrogen-bond acceptors (Lipinski definition) is 1. The maximum absolute atomic E-state index is 9.43. The van der Waals surface area contributed by atoms with Gasteiger partial charge < -0.3 is 5.11 Å². The molecule has 1 nitrogen and oxygen atoms in total. The van der Waals surface area contributed by atoms with Gasteiger partial charge in [-0.1, -0.05) is 78.6 Å². The molecule has 0 aliphatic rings. The summed E-state index contributed by atoms with van der Waals surface area (Å²) in [6.07, 6.45) is 13.5. The molecule has 0 aliphatic carbocycles. The molecule has 0 aliphatic heterocycles. The van der Waals surface area contributed by atoms with Crippen LogP contribution in [-0.2, 0) is 0 Å². The zero-order chi connectivity index (χ0) is 13.8. The Balaban J connectivity index is 3.29. The van der Waals surface area contributed by atoms with E-state index in [-0.39, 0.29) is 6.10 Å². The van der Waals surface area contributed by atoms with Crippen molar-refractivity contribution in [3.05, 3.63) is 0 Å². The lowest BCUT2D eigenvalue weighted by Crippen LogP contribution is -2.13. The van der Waals surface area contributed by atoms with Crippen LogP contribution in [0.5, 0.6) is 0 Å². The number of aliphatic hydroxyl groups is 1. The van der Waals surface area contributed by atoms with Gasteiger partial charge in [0.25, 0.3) is 0 Å². The number of unbranched alkanes of at least 4 members (excludes halogenated alkanes) is 5. The van der Waals surface area contributed by atoms with Crippen LogP contribution in [0.25, 0.3) is 0 Å². The zero-order valence-corrected chi connectivity index (χ0v) is 13.3. The second kappa shape index (κ2) is 12.0. The fourth-order valence-corrected chi connectivity index (χ4v) is 2.45. The summed E-state index contributed by atoms with van der Waals surface area (Å²) >= 11 is 0. The molecular weight excluding hydrogens is 220 g/mol. The van der Waals surface area contributed by atoms with Crippen molar-refractivity contribution in [2.45, 2.75) is 98.0 Å². The molecule has 18 heavy (non-hydrogen) atoms. The standard InChI is InChI=1S/C17H36O/c1-5-6-7-8-9-10-12-15(2)13-11-14-16(3)17(4)18/h15-18H,5-14H2,1-4H3/t15-,16-,17-/m0/s1.